The van der Waals surface area contributed by atoms with Gasteiger partial charge in [-0.1, -0.05) is 0 Å². The Balaban J connectivity index is 1.93. The third-order valence-electron chi connectivity index (χ3n) is 2.33. The van der Waals surface area contributed by atoms with E-state index < -0.39 is 6.10 Å². The van der Waals surface area contributed by atoms with Gasteiger partial charge >= 0.3 is 0 Å². The minimum Gasteiger partial charge on any atom is -0.366 e. The number of benzene rings is 1. The van der Waals surface area contributed by atoms with E-state index in [2.05, 4.69) is 10.6 Å². The highest BCUT2D eigenvalue weighted by atomic mass is 19.1. The van der Waals surface area contributed by atoms with Crippen LogP contribution >= 0.6 is 0 Å². The Hall–Kier alpha value is -1.46. The molecule has 0 aromatic heterocycles. The number of rotatable bonds is 2. The van der Waals surface area contributed by atoms with E-state index in [4.69, 9.17) is 4.74 Å². The third kappa shape index (κ3) is 2.77. The van der Waals surface area contributed by atoms with Crippen LogP contribution in [0.2, 0.25) is 0 Å². The summed E-state index contributed by atoms with van der Waals surface area (Å²) in [5.41, 5.74) is 0.570. The van der Waals surface area contributed by atoms with Crippen molar-refractivity contribution in [2.45, 2.75) is 6.10 Å². The number of ether oxygens (including phenoxy) is 1. The van der Waals surface area contributed by atoms with Crippen LogP contribution in [0.3, 0.4) is 0 Å². The summed E-state index contributed by atoms with van der Waals surface area (Å²) in [7, 11) is 0. The summed E-state index contributed by atoms with van der Waals surface area (Å²) in [6.07, 6.45) is -0.473. The van der Waals surface area contributed by atoms with Crippen LogP contribution in [-0.2, 0) is 9.53 Å². The molecule has 1 aliphatic heterocycles. The number of carbonyl (C=O) groups excluding carboxylic acids is 1. The first kappa shape index (κ1) is 11.0. The molecule has 1 atom stereocenters. The van der Waals surface area contributed by atoms with Gasteiger partial charge in [0.25, 0.3) is 5.91 Å². The van der Waals surface area contributed by atoms with Crippen molar-refractivity contribution in [1.82, 2.24) is 5.32 Å². The maximum absolute atomic E-state index is 12.6. The highest BCUT2D eigenvalue weighted by molar-refractivity contribution is 5.94. The molecule has 2 rings (SSSR count). The fourth-order valence-corrected chi connectivity index (χ4v) is 1.49. The second-order valence-electron chi connectivity index (χ2n) is 3.56. The lowest BCUT2D eigenvalue weighted by atomic mass is 10.2. The van der Waals surface area contributed by atoms with E-state index in [9.17, 15) is 9.18 Å². The molecule has 1 amide bonds. The molecule has 1 aromatic carbocycles. The Morgan fingerprint density at radius 3 is 2.81 bits per heavy atom. The molecule has 0 unspecified atom stereocenters. The summed E-state index contributed by atoms with van der Waals surface area (Å²) in [5.74, 6) is -0.535. The van der Waals surface area contributed by atoms with Gasteiger partial charge in [-0.2, -0.15) is 0 Å². The van der Waals surface area contributed by atoms with Crippen molar-refractivity contribution in [3.8, 4) is 0 Å². The number of amides is 1. The van der Waals surface area contributed by atoms with E-state index in [1.54, 1.807) is 0 Å². The summed E-state index contributed by atoms with van der Waals surface area (Å²) in [6.45, 7) is 1.80. The maximum atomic E-state index is 12.6. The van der Waals surface area contributed by atoms with Gasteiger partial charge in [0, 0.05) is 18.8 Å². The van der Waals surface area contributed by atoms with E-state index in [0.29, 0.717) is 18.8 Å². The molecule has 1 fully saturated rings. The SMILES string of the molecule is O=C(Nc1ccc(F)cc1)[C@H]1CNCCO1. The van der Waals surface area contributed by atoms with Crippen LogP contribution in [0.4, 0.5) is 10.1 Å². The Morgan fingerprint density at radius 2 is 2.19 bits per heavy atom. The summed E-state index contributed by atoms with van der Waals surface area (Å²) >= 11 is 0. The van der Waals surface area contributed by atoms with Crippen molar-refractivity contribution >= 4 is 11.6 Å². The summed E-state index contributed by atoms with van der Waals surface area (Å²) in [4.78, 5) is 11.7. The molecule has 4 nitrogen and oxygen atoms in total. The highest BCUT2D eigenvalue weighted by Crippen LogP contribution is 2.09. The van der Waals surface area contributed by atoms with Crippen molar-refractivity contribution in [3.63, 3.8) is 0 Å². The summed E-state index contributed by atoms with van der Waals surface area (Å²) in [5, 5.41) is 5.73. The van der Waals surface area contributed by atoms with Gasteiger partial charge in [-0.25, -0.2) is 4.39 Å². The van der Waals surface area contributed by atoms with E-state index >= 15 is 0 Å². The van der Waals surface area contributed by atoms with Gasteiger partial charge in [0.1, 0.15) is 11.9 Å². The van der Waals surface area contributed by atoms with Gasteiger partial charge in [0.2, 0.25) is 0 Å². The molecule has 0 spiro atoms. The van der Waals surface area contributed by atoms with Crippen LogP contribution < -0.4 is 10.6 Å². The molecule has 1 aromatic rings. The van der Waals surface area contributed by atoms with Crippen molar-refractivity contribution in [2.75, 3.05) is 25.0 Å². The Bertz CT molecular complexity index is 361. The minimum atomic E-state index is -0.473. The Labute approximate surface area is 92.8 Å². The lowest BCUT2D eigenvalue weighted by Gasteiger charge is -2.22. The van der Waals surface area contributed by atoms with Gasteiger partial charge in [-0.3, -0.25) is 4.79 Å². The smallest absolute Gasteiger partial charge is 0.254 e. The van der Waals surface area contributed by atoms with Gasteiger partial charge in [0.15, 0.2) is 0 Å². The highest BCUT2D eigenvalue weighted by Gasteiger charge is 2.21. The first-order chi connectivity index (χ1) is 7.75. The van der Waals surface area contributed by atoms with Gasteiger partial charge in [0.05, 0.1) is 6.61 Å². The minimum absolute atomic E-state index is 0.209. The third-order valence-corrected chi connectivity index (χ3v) is 2.33. The molecule has 2 N–H and O–H groups in total. The monoisotopic (exact) mass is 224 g/mol. The van der Waals surface area contributed by atoms with E-state index in [-0.39, 0.29) is 11.7 Å². The average Bonchev–Trinajstić information content (AvgIpc) is 2.33. The number of hydrogen-bond acceptors (Lipinski definition) is 3. The van der Waals surface area contributed by atoms with Gasteiger partial charge in [-0.05, 0) is 24.3 Å². The van der Waals surface area contributed by atoms with Gasteiger partial charge in [-0.15, -0.1) is 0 Å². The molecule has 1 heterocycles. The molecular weight excluding hydrogens is 211 g/mol. The topological polar surface area (TPSA) is 50.4 Å². The van der Waals surface area contributed by atoms with Gasteiger partial charge < -0.3 is 15.4 Å². The number of morpholine rings is 1. The fourth-order valence-electron chi connectivity index (χ4n) is 1.49. The average molecular weight is 224 g/mol. The van der Waals surface area contributed by atoms with Crippen LogP contribution in [0.15, 0.2) is 24.3 Å². The second-order valence-corrected chi connectivity index (χ2v) is 3.56. The maximum Gasteiger partial charge on any atom is 0.254 e. The van der Waals surface area contributed by atoms with Crippen LogP contribution in [-0.4, -0.2) is 31.7 Å². The molecule has 0 aliphatic carbocycles. The van der Waals surface area contributed by atoms with E-state index in [0.717, 1.165) is 6.54 Å². The zero-order valence-corrected chi connectivity index (χ0v) is 8.70. The van der Waals surface area contributed by atoms with E-state index in [1.165, 1.54) is 24.3 Å². The molecule has 1 aliphatic rings. The molecular formula is C11H13FN2O2. The molecule has 0 radical (unpaired) electrons. The molecule has 5 heteroatoms. The zero-order chi connectivity index (χ0) is 11.4. The Morgan fingerprint density at radius 1 is 1.44 bits per heavy atom. The van der Waals surface area contributed by atoms with Crippen LogP contribution in [0.5, 0.6) is 0 Å². The molecule has 16 heavy (non-hydrogen) atoms. The van der Waals surface area contributed by atoms with E-state index in [1.807, 2.05) is 0 Å². The number of carbonyl (C=O) groups is 1. The predicted molar refractivity (Wildman–Crippen MR) is 57.6 cm³/mol. The lowest BCUT2D eigenvalue weighted by molar-refractivity contribution is -0.128. The quantitative estimate of drug-likeness (QED) is 0.779. The molecule has 1 saturated heterocycles. The Kier molecular flexibility index (Phi) is 3.48. The molecule has 0 saturated carbocycles. The normalized spacial score (nSPS) is 20.4. The largest absolute Gasteiger partial charge is 0.366 e. The van der Waals surface area contributed by atoms with Crippen LogP contribution in [0.25, 0.3) is 0 Å². The molecule has 86 valence electrons. The molecule has 0 bridgehead atoms. The number of anilines is 1. The van der Waals surface area contributed by atoms with Crippen LogP contribution in [0.1, 0.15) is 0 Å². The first-order valence-electron chi connectivity index (χ1n) is 5.14. The van der Waals surface area contributed by atoms with Crippen LogP contribution in [0, 0.1) is 5.82 Å². The number of hydrogen-bond donors (Lipinski definition) is 2. The predicted octanol–water partition coefficient (Wildman–Crippen LogP) is 0.753. The van der Waals surface area contributed by atoms with Crippen molar-refractivity contribution in [1.29, 1.82) is 0 Å². The first-order valence-corrected chi connectivity index (χ1v) is 5.14. The summed E-state index contributed by atoms with van der Waals surface area (Å²) in [6, 6.07) is 5.64. The fraction of sp³-hybridized carbons (Fsp3) is 0.364. The number of nitrogens with one attached hydrogen (secondary N) is 2. The standard InChI is InChI=1S/C11H13FN2O2/c12-8-1-3-9(4-2-8)14-11(15)10-7-13-5-6-16-10/h1-4,10,13H,5-7H2,(H,14,15)/t10-/m1/s1. The van der Waals surface area contributed by atoms with Crippen molar-refractivity contribution in [2.24, 2.45) is 0 Å². The lowest BCUT2D eigenvalue weighted by Crippen LogP contribution is -2.45. The van der Waals surface area contributed by atoms with Crippen molar-refractivity contribution < 1.29 is 13.9 Å². The summed E-state index contributed by atoms with van der Waals surface area (Å²) < 4.78 is 17.9. The zero-order valence-electron chi connectivity index (χ0n) is 8.70. The second kappa shape index (κ2) is 5.05. The van der Waals surface area contributed by atoms with Crippen molar-refractivity contribution in [3.05, 3.63) is 30.1 Å². The number of halogens is 1.